The highest BCUT2D eigenvalue weighted by atomic mass is 19.1. The van der Waals surface area contributed by atoms with Crippen molar-refractivity contribution in [2.24, 2.45) is 0 Å². The van der Waals surface area contributed by atoms with Crippen LogP contribution in [-0.2, 0) is 0 Å². The molecule has 3 rings (SSSR count). The molecule has 1 heterocycles. The van der Waals surface area contributed by atoms with E-state index in [9.17, 15) is 14.3 Å². The van der Waals surface area contributed by atoms with Gasteiger partial charge in [0.2, 0.25) is 0 Å². The number of halogens is 1. The molecule has 1 saturated heterocycles. The van der Waals surface area contributed by atoms with E-state index in [4.69, 9.17) is 5.11 Å². The fourth-order valence-electron chi connectivity index (χ4n) is 3.99. The van der Waals surface area contributed by atoms with Crippen LogP contribution in [0.25, 0.3) is 0 Å². The van der Waals surface area contributed by atoms with Gasteiger partial charge in [-0.3, -0.25) is 4.90 Å². The van der Waals surface area contributed by atoms with E-state index in [1.807, 2.05) is 0 Å². The highest BCUT2D eigenvalue weighted by molar-refractivity contribution is 5.64. The molecular weight excluding hydrogens is 299 g/mol. The molecule has 1 aromatic rings. The number of hydrogen-bond donors (Lipinski definition) is 3. The van der Waals surface area contributed by atoms with Crippen LogP contribution in [-0.4, -0.2) is 52.5 Å². The number of rotatable bonds is 3. The molecule has 0 aromatic heterocycles. The van der Waals surface area contributed by atoms with Gasteiger partial charge < -0.3 is 15.5 Å². The van der Waals surface area contributed by atoms with Gasteiger partial charge in [0.15, 0.2) is 0 Å². The Morgan fingerprint density at radius 3 is 2.70 bits per heavy atom. The molecule has 5 nitrogen and oxygen atoms in total. The summed E-state index contributed by atoms with van der Waals surface area (Å²) in [7, 11) is 0. The molecule has 0 radical (unpaired) electrons. The van der Waals surface area contributed by atoms with E-state index >= 15 is 0 Å². The molecule has 1 amide bonds. The van der Waals surface area contributed by atoms with E-state index in [1.165, 1.54) is 12.1 Å². The van der Waals surface area contributed by atoms with Crippen LogP contribution in [0.1, 0.15) is 37.2 Å². The number of benzene rings is 1. The summed E-state index contributed by atoms with van der Waals surface area (Å²) < 4.78 is 13.1. The van der Waals surface area contributed by atoms with E-state index in [-0.39, 0.29) is 23.8 Å². The van der Waals surface area contributed by atoms with Gasteiger partial charge in [-0.25, -0.2) is 9.18 Å². The Morgan fingerprint density at radius 1 is 1.26 bits per heavy atom. The lowest BCUT2D eigenvalue weighted by molar-refractivity contribution is 0.0500. The van der Waals surface area contributed by atoms with Crippen molar-refractivity contribution >= 4 is 6.09 Å². The van der Waals surface area contributed by atoms with Crippen LogP contribution < -0.4 is 5.32 Å². The van der Waals surface area contributed by atoms with Gasteiger partial charge in [0.05, 0.1) is 6.10 Å². The molecule has 1 aliphatic carbocycles. The largest absolute Gasteiger partial charge is 0.465 e. The van der Waals surface area contributed by atoms with Crippen molar-refractivity contribution in [3.8, 4) is 0 Å². The van der Waals surface area contributed by atoms with Crippen molar-refractivity contribution in [3.63, 3.8) is 0 Å². The molecule has 4 atom stereocenters. The lowest BCUT2D eigenvalue weighted by Crippen LogP contribution is -2.52. The average molecular weight is 322 g/mol. The number of nitrogens with zero attached hydrogens (tertiary/aromatic N) is 1. The first-order chi connectivity index (χ1) is 11.0. The van der Waals surface area contributed by atoms with Crippen LogP contribution in [0.4, 0.5) is 9.18 Å². The summed E-state index contributed by atoms with van der Waals surface area (Å²) in [5.74, 6) is -0.0223. The molecule has 6 heteroatoms. The molecule has 1 aliphatic heterocycles. The van der Waals surface area contributed by atoms with Crippen LogP contribution in [0.5, 0.6) is 0 Å². The van der Waals surface area contributed by atoms with Gasteiger partial charge in [-0.1, -0.05) is 12.1 Å². The van der Waals surface area contributed by atoms with Crippen molar-refractivity contribution in [2.75, 3.05) is 13.1 Å². The van der Waals surface area contributed by atoms with Crippen molar-refractivity contribution < 1.29 is 19.4 Å². The summed E-state index contributed by atoms with van der Waals surface area (Å²) in [5.41, 5.74) is 1.06. The summed E-state index contributed by atoms with van der Waals surface area (Å²) in [5, 5.41) is 21.9. The molecule has 0 bridgehead atoms. The maximum atomic E-state index is 13.1. The molecule has 2 aliphatic rings. The molecule has 3 N–H and O–H groups in total. The number of nitrogens with one attached hydrogen (secondary N) is 1. The highest BCUT2D eigenvalue weighted by Gasteiger charge is 2.39. The topological polar surface area (TPSA) is 72.8 Å². The summed E-state index contributed by atoms with van der Waals surface area (Å²) in [4.78, 5) is 13.0. The minimum Gasteiger partial charge on any atom is -0.465 e. The molecule has 0 spiro atoms. The molecule has 126 valence electrons. The van der Waals surface area contributed by atoms with Crippen molar-refractivity contribution in [1.29, 1.82) is 0 Å². The Morgan fingerprint density at radius 2 is 2.00 bits per heavy atom. The molecular formula is C17H23FN2O3. The number of likely N-dealkylation sites (tertiary alicyclic amines) is 1. The Labute approximate surface area is 135 Å². The lowest BCUT2D eigenvalue weighted by atomic mass is 9.97. The molecule has 2 fully saturated rings. The standard InChI is InChI=1S/C17H23FN2O3/c18-13-5-3-11(4-6-13)12-8-15(16(21)9-12)20-7-1-2-14(10-20)19-17(22)23/h3-6,12,14-16,19,21H,1-2,7-10H2,(H,22,23)/t12?,14-,15?,16?/m1/s1. The fourth-order valence-corrected chi connectivity index (χ4v) is 3.99. The first-order valence-corrected chi connectivity index (χ1v) is 8.20. The minimum absolute atomic E-state index is 0.0449. The normalized spacial score (nSPS) is 31.9. The first kappa shape index (κ1) is 16.2. The van der Waals surface area contributed by atoms with Gasteiger partial charge in [-0.05, 0) is 55.8 Å². The Hall–Kier alpha value is -1.66. The Kier molecular flexibility index (Phi) is 4.82. The first-order valence-electron chi connectivity index (χ1n) is 8.20. The molecule has 1 saturated carbocycles. The van der Waals surface area contributed by atoms with E-state index < -0.39 is 12.2 Å². The van der Waals surface area contributed by atoms with E-state index in [0.717, 1.165) is 31.4 Å². The summed E-state index contributed by atoms with van der Waals surface area (Å²) in [6.45, 7) is 1.53. The number of amides is 1. The molecule has 3 unspecified atom stereocenters. The zero-order valence-corrected chi connectivity index (χ0v) is 13.0. The van der Waals surface area contributed by atoms with Gasteiger partial charge in [0.25, 0.3) is 0 Å². The number of carboxylic acid groups (broad SMARTS) is 1. The van der Waals surface area contributed by atoms with Gasteiger partial charge in [0.1, 0.15) is 5.82 Å². The SMILES string of the molecule is O=C(O)N[C@@H]1CCCN(C2CC(c3ccc(F)cc3)CC2O)C1. The maximum absolute atomic E-state index is 13.1. The van der Waals surface area contributed by atoms with Crippen LogP contribution >= 0.6 is 0 Å². The smallest absolute Gasteiger partial charge is 0.404 e. The number of aliphatic hydroxyl groups excluding tert-OH is 1. The second-order valence-corrected chi connectivity index (χ2v) is 6.64. The highest BCUT2D eigenvalue weighted by Crippen LogP contribution is 2.38. The van der Waals surface area contributed by atoms with E-state index in [0.29, 0.717) is 13.0 Å². The van der Waals surface area contributed by atoms with Gasteiger partial charge in [-0.2, -0.15) is 0 Å². The lowest BCUT2D eigenvalue weighted by Gasteiger charge is -2.37. The minimum atomic E-state index is -0.993. The number of hydrogen-bond acceptors (Lipinski definition) is 3. The predicted molar refractivity (Wildman–Crippen MR) is 83.9 cm³/mol. The monoisotopic (exact) mass is 322 g/mol. The van der Waals surface area contributed by atoms with E-state index in [1.54, 1.807) is 12.1 Å². The summed E-state index contributed by atoms with van der Waals surface area (Å²) in [6.07, 6.45) is 1.85. The van der Waals surface area contributed by atoms with E-state index in [2.05, 4.69) is 10.2 Å². The van der Waals surface area contributed by atoms with Crippen LogP contribution in [0.2, 0.25) is 0 Å². The van der Waals surface area contributed by atoms with Gasteiger partial charge in [-0.15, -0.1) is 0 Å². The van der Waals surface area contributed by atoms with Crippen molar-refractivity contribution in [2.45, 2.75) is 49.8 Å². The Bertz CT molecular complexity index is 551. The number of carbonyl (C=O) groups is 1. The third-order valence-corrected chi connectivity index (χ3v) is 5.09. The Balaban J connectivity index is 1.64. The van der Waals surface area contributed by atoms with Crippen molar-refractivity contribution in [1.82, 2.24) is 10.2 Å². The third-order valence-electron chi connectivity index (χ3n) is 5.09. The van der Waals surface area contributed by atoms with Crippen LogP contribution in [0.15, 0.2) is 24.3 Å². The zero-order valence-electron chi connectivity index (χ0n) is 13.0. The van der Waals surface area contributed by atoms with Gasteiger partial charge in [0, 0.05) is 18.6 Å². The summed E-state index contributed by atoms with van der Waals surface area (Å²) in [6, 6.07) is 6.48. The van der Waals surface area contributed by atoms with Gasteiger partial charge >= 0.3 is 6.09 Å². The number of piperidine rings is 1. The second kappa shape index (κ2) is 6.84. The fraction of sp³-hybridized carbons (Fsp3) is 0.588. The number of aliphatic hydroxyl groups is 1. The van der Waals surface area contributed by atoms with Crippen molar-refractivity contribution in [3.05, 3.63) is 35.6 Å². The molecule has 23 heavy (non-hydrogen) atoms. The molecule has 1 aromatic carbocycles. The quantitative estimate of drug-likeness (QED) is 0.797. The predicted octanol–water partition coefficient (Wildman–Crippen LogP) is 2.16. The zero-order chi connectivity index (χ0) is 16.4. The van der Waals surface area contributed by atoms with Crippen LogP contribution in [0, 0.1) is 5.82 Å². The maximum Gasteiger partial charge on any atom is 0.404 e. The summed E-state index contributed by atoms with van der Waals surface area (Å²) >= 11 is 0. The second-order valence-electron chi connectivity index (χ2n) is 6.64. The average Bonchev–Trinajstić information content (AvgIpc) is 2.89. The third kappa shape index (κ3) is 3.82. The van der Waals surface area contributed by atoms with Crippen LogP contribution in [0.3, 0.4) is 0 Å².